The van der Waals surface area contributed by atoms with E-state index in [1.165, 1.54) is 32.8 Å². The maximum absolute atomic E-state index is 12.4. The fourth-order valence-electron chi connectivity index (χ4n) is 3.38. The Labute approximate surface area is 168 Å². The van der Waals surface area contributed by atoms with Gasteiger partial charge in [-0.15, -0.1) is 0 Å². The number of nitrogens with two attached hydrogens (primary N) is 1. The molecule has 1 aromatic carbocycles. The Morgan fingerprint density at radius 2 is 1.71 bits per heavy atom. The zero-order valence-corrected chi connectivity index (χ0v) is 17.7. The lowest BCUT2D eigenvalue weighted by Crippen LogP contribution is -2.15. The van der Waals surface area contributed by atoms with Gasteiger partial charge in [0.1, 0.15) is 0 Å². The zero-order chi connectivity index (χ0) is 20.6. The van der Waals surface area contributed by atoms with Crippen molar-refractivity contribution in [1.29, 1.82) is 0 Å². The van der Waals surface area contributed by atoms with Crippen LogP contribution >= 0.6 is 0 Å². The van der Waals surface area contributed by atoms with Gasteiger partial charge >= 0.3 is 0 Å². The molecule has 0 aliphatic rings. The molecule has 1 aromatic heterocycles. The average Bonchev–Trinajstić information content (AvgIpc) is 2.69. The summed E-state index contributed by atoms with van der Waals surface area (Å²) in [4.78, 5) is 4.12. The molecule has 154 valence electrons. The van der Waals surface area contributed by atoms with E-state index in [1.807, 2.05) is 0 Å². The molecule has 6 nitrogen and oxygen atoms in total. The molecule has 0 unspecified atom stereocenters. The average molecular weight is 407 g/mol. The third-order valence-electron chi connectivity index (χ3n) is 4.74. The van der Waals surface area contributed by atoms with Crippen molar-refractivity contribution >= 4 is 10.0 Å². The summed E-state index contributed by atoms with van der Waals surface area (Å²) in [6, 6.07) is 5.12. The van der Waals surface area contributed by atoms with Crippen LogP contribution in [-0.4, -0.2) is 27.6 Å². The second-order valence-corrected chi connectivity index (χ2v) is 8.31. The third-order valence-corrected chi connectivity index (χ3v) is 5.68. The largest absolute Gasteiger partial charge is 0.493 e. The van der Waals surface area contributed by atoms with Crippen molar-refractivity contribution in [2.75, 3.05) is 14.2 Å². The lowest BCUT2D eigenvalue weighted by molar-refractivity contribution is 0.351. The van der Waals surface area contributed by atoms with E-state index < -0.39 is 10.0 Å². The number of primary sulfonamides is 1. The van der Waals surface area contributed by atoms with E-state index in [-0.39, 0.29) is 4.90 Å². The molecule has 0 amide bonds. The fraction of sp³-hybridized carbons (Fsp3) is 0.476. The number of benzene rings is 1. The van der Waals surface area contributed by atoms with Crippen molar-refractivity contribution in [3.05, 3.63) is 36.2 Å². The summed E-state index contributed by atoms with van der Waals surface area (Å²) in [6.07, 6.45) is 10.8. The highest BCUT2D eigenvalue weighted by Gasteiger charge is 2.26. The summed E-state index contributed by atoms with van der Waals surface area (Å²) in [6.45, 7) is 2.19. The Morgan fingerprint density at radius 3 is 2.29 bits per heavy atom. The number of aryl methyl sites for hydroxylation is 1. The van der Waals surface area contributed by atoms with E-state index in [2.05, 4.69) is 11.9 Å². The predicted molar refractivity (Wildman–Crippen MR) is 111 cm³/mol. The first-order chi connectivity index (χ1) is 13.4. The lowest BCUT2D eigenvalue weighted by atomic mass is 9.99. The molecule has 28 heavy (non-hydrogen) atoms. The van der Waals surface area contributed by atoms with Crippen LogP contribution in [0.4, 0.5) is 0 Å². The number of unbranched alkanes of at least 4 members (excludes halogenated alkanes) is 5. The first-order valence-corrected chi connectivity index (χ1v) is 11.2. The molecule has 0 atom stereocenters. The highest BCUT2D eigenvalue weighted by Crippen LogP contribution is 2.44. The molecule has 1 heterocycles. The summed E-state index contributed by atoms with van der Waals surface area (Å²) < 4.78 is 35.9. The molecule has 0 radical (unpaired) electrons. The molecule has 0 fully saturated rings. The minimum absolute atomic E-state index is 0.0270. The van der Waals surface area contributed by atoms with Gasteiger partial charge in [-0.25, -0.2) is 13.6 Å². The first kappa shape index (κ1) is 22.2. The maximum atomic E-state index is 12.4. The molecule has 0 saturated carbocycles. The number of hydrogen-bond acceptors (Lipinski definition) is 5. The molecular weight excluding hydrogens is 376 g/mol. The van der Waals surface area contributed by atoms with Crippen LogP contribution in [0.25, 0.3) is 11.1 Å². The smallest absolute Gasteiger partial charge is 0.238 e. The molecule has 0 aliphatic heterocycles. The SMILES string of the molecule is CCCCCCCCc1cc(S(N)(=O)=O)c(-c2cccnc2)c(OC)c1OC. The number of methoxy groups -OCH3 is 2. The van der Waals surface area contributed by atoms with Crippen LogP contribution in [0.2, 0.25) is 0 Å². The Hall–Kier alpha value is -2.12. The minimum atomic E-state index is -3.97. The molecule has 2 aromatic rings. The summed E-state index contributed by atoms with van der Waals surface area (Å²) >= 11 is 0. The standard InChI is InChI=1S/C21H30N2O4S/c1-4-5-6-7-8-9-11-16-14-18(28(22,24)25)19(17-12-10-13-23-15-17)21(27-3)20(16)26-2/h10,12-15H,4-9,11H2,1-3H3,(H2,22,24,25). The van der Waals surface area contributed by atoms with Gasteiger partial charge in [0.05, 0.1) is 19.1 Å². The first-order valence-electron chi connectivity index (χ1n) is 9.65. The van der Waals surface area contributed by atoms with E-state index in [0.717, 1.165) is 18.4 Å². The summed E-state index contributed by atoms with van der Waals surface area (Å²) in [5.41, 5.74) is 1.76. The van der Waals surface area contributed by atoms with E-state index in [0.29, 0.717) is 29.0 Å². The number of nitrogens with zero attached hydrogens (tertiary/aromatic N) is 1. The number of rotatable bonds is 11. The Bertz CT molecular complexity index is 868. The van der Waals surface area contributed by atoms with Crippen LogP contribution in [0.15, 0.2) is 35.5 Å². The Balaban J connectivity index is 2.47. The molecule has 0 spiro atoms. The number of sulfonamides is 1. The van der Waals surface area contributed by atoms with Crippen LogP contribution in [-0.2, 0) is 16.4 Å². The van der Waals surface area contributed by atoms with Crippen LogP contribution in [0.3, 0.4) is 0 Å². The van der Waals surface area contributed by atoms with Crippen molar-refractivity contribution in [3.63, 3.8) is 0 Å². The van der Waals surface area contributed by atoms with Crippen molar-refractivity contribution in [2.24, 2.45) is 5.14 Å². The van der Waals surface area contributed by atoms with Crippen molar-refractivity contribution in [1.82, 2.24) is 4.98 Å². The number of aromatic nitrogens is 1. The Kier molecular flexibility index (Phi) is 8.26. The second kappa shape index (κ2) is 10.4. The van der Waals surface area contributed by atoms with Crippen molar-refractivity contribution in [2.45, 2.75) is 56.8 Å². The van der Waals surface area contributed by atoms with E-state index in [4.69, 9.17) is 14.6 Å². The minimum Gasteiger partial charge on any atom is -0.493 e. The van der Waals surface area contributed by atoms with Crippen LogP contribution in [0, 0.1) is 0 Å². The second-order valence-electron chi connectivity index (χ2n) is 6.78. The van der Waals surface area contributed by atoms with Gasteiger partial charge in [0, 0.05) is 23.5 Å². The predicted octanol–water partition coefficient (Wildman–Crippen LogP) is 4.32. The lowest BCUT2D eigenvalue weighted by Gasteiger charge is -2.19. The highest BCUT2D eigenvalue weighted by atomic mass is 32.2. The molecule has 7 heteroatoms. The normalized spacial score (nSPS) is 11.4. The topological polar surface area (TPSA) is 91.5 Å². The zero-order valence-electron chi connectivity index (χ0n) is 16.9. The molecule has 2 N–H and O–H groups in total. The van der Waals surface area contributed by atoms with Gasteiger partial charge in [0.2, 0.25) is 10.0 Å². The van der Waals surface area contributed by atoms with Crippen LogP contribution < -0.4 is 14.6 Å². The van der Waals surface area contributed by atoms with Crippen molar-refractivity contribution < 1.29 is 17.9 Å². The van der Waals surface area contributed by atoms with Gasteiger partial charge in [-0.2, -0.15) is 0 Å². The Morgan fingerprint density at radius 1 is 1.04 bits per heavy atom. The molecule has 0 aliphatic carbocycles. The van der Waals surface area contributed by atoms with E-state index >= 15 is 0 Å². The van der Waals surface area contributed by atoms with Crippen LogP contribution in [0.1, 0.15) is 51.0 Å². The van der Waals surface area contributed by atoms with Gasteiger partial charge in [-0.05, 0) is 30.5 Å². The maximum Gasteiger partial charge on any atom is 0.238 e. The molecule has 0 saturated heterocycles. The van der Waals surface area contributed by atoms with Crippen LogP contribution in [0.5, 0.6) is 11.5 Å². The molecule has 2 rings (SSSR count). The summed E-state index contributed by atoms with van der Waals surface area (Å²) in [5, 5.41) is 5.54. The van der Waals surface area contributed by atoms with E-state index in [9.17, 15) is 8.42 Å². The van der Waals surface area contributed by atoms with Gasteiger partial charge < -0.3 is 9.47 Å². The monoisotopic (exact) mass is 406 g/mol. The summed E-state index contributed by atoms with van der Waals surface area (Å²) in [7, 11) is -0.907. The summed E-state index contributed by atoms with van der Waals surface area (Å²) in [5.74, 6) is 0.908. The van der Waals surface area contributed by atoms with Gasteiger partial charge in [-0.3, -0.25) is 4.98 Å². The molecular formula is C21H30N2O4S. The highest BCUT2D eigenvalue weighted by molar-refractivity contribution is 7.89. The van der Waals surface area contributed by atoms with Crippen molar-refractivity contribution in [3.8, 4) is 22.6 Å². The third kappa shape index (κ3) is 5.45. The molecule has 0 bridgehead atoms. The van der Waals surface area contributed by atoms with Gasteiger partial charge in [-0.1, -0.05) is 45.1 Å². The van der Waals surface area contributed by atoms with E-state index in [1.54, 1.807) is 37.7 Å². The number of ether oxygens (including phenoxy) is 2. The van der Waals surface area contributed by atoms with Gasteiger partial charge in [0.15, 0.2) is 11.5 Å². The fourth-order valence-corrected chi connectivity index (χ4v) is 4.18. The van der Waals surface area contributed by atoms with Gasteiger partial charge in [0.25, 0.3) is 0 Å². The quantitative estimate of drug-likeness (QED) is 0.561. The number of hydrogen-bond donors (Lipinski definition) is 1. The number of pyridine rings is 1.